The zero-order chi connectivity index (χ0) is 13.6. The van der Waals surface area contributed by atoms with E-state index >= 15 is 0 Å². The topological polar surface area (TPSA) is 0 Å². The molecule has 2 aliphatic carbocycles. The second-order valence-corrected chi connectivity index (χ2v) is 13.4. The molecule has 3 rings (SSSR count). The van der Waals surface area contributed by atoms with Crippen LogP contribution in [0.4, 0.5) is 0 Å². The van der Waals surface area contributed by atoms with E-state index in [0.717, 1.165) is 0 Å². The number of halogens is 2. The standard InChI is InChI=1S/2C8H11.C2H4.2ClH.Ti/c2*1-3-8-5-4-7(2)6-8;1-2;;;/h2*6H,3,5H2,1-2H3;1-2H2;2*1H;/q;;;;;+2/p-2. The maximum Gasteiger partial charge on any atom is -1.00 e. The van der Waals surface area contributed by atoms with Crippen molar-refractivity contribution in [1.29, 1.82) is 0 Å². The molecule has 0 aromatic rings. The van der Waals surface area contributed by atoms with Gasteiger partial charge in [-0.15, -0.1) is 0 Å². The summed E-state index contributed by atoms with van der Waals surface area (Å²) < 4.78 is 7.04. The molecule has 0 atom stereocenters. The third-order valence-electron chi connectivity index (χ3n) is 5.41. The first-order chi connectivity index (χ1) is 9.10. The molecule has 116 valence electrons. The van der Waals surface area contributed by atoms with Gasteiger partial charge in [0.2, 0.25) is 0 Å². The fourth-order valence-electron chi connectivity index (χ4n) is 4.08. The molecule has 0 nitrogen and oxygen atoms in total. The van der Waals surface area contributed by atoms with Crippen molar-refractivity contribution in [2.75, 3.05) is 0 Å². The van der Waals surface area contributed by atoms with Crippen LogP contribution in [-0.4, -0.2) is 0 Å². The summed E-state index contributed by atoms with van der Waals surface area (Å²) in [4.78, 5) is 0. The number of hydrogen-bond acceptors (Lipinski definition) is 0. The Hall–Kier alpha value is 0.254. The molecular weight excluding hydrogens is 335 g/mol. The van der Waals surface area contributed by atoms with E-state index in [9.17, 15) is 0 Å². The molecule has 0 N–H and O–H groups in total. The fraction of sp³-hybridized carbons (Fsp3) is 0.556. The van der Waals surface area contributed by atoms with Gasteiger partial charge in [-0.1, -0.05) is 0 Å². The average Bonchev–Trinajstić information content (AvgIpc) is 2.97. The van der Waals surface area contributed by atoms with Crippen LogP contribution >= 0.6 is 0 Å². The summed E-state index contributed by atoms with van der Waals surface area (Å²) in [6, 6.07) is 0. The van der Waals surface area contributed by atoms with Crippen LogP contribution < -0.4 is 24.8 Å². The second kappa shape index (κ2) is 7.22. The normalized spacial score (nSPS) is 21.1. The molecule has 0 aromatic heterocycles. The van der Waals surface area contributed by atoms with E-state index in [4.69, 9.17) is 0 Å². The van der Waals surface area contributed by atoms with Crippen LogP contribution in [0, 0.1) is 0 Å². The van der Waals surface area contributed by atoms with Crippen molar-refractivity contribution in [2.24, 2.45) is 0 Å². The van der Waals surface area contributed by atoms with Gasteiger partial charge in [0.1, 0.15) is 0 Å². The van der Waals surface area contributed by atoms with E-state index in [1.165, 1.54) is 25.7 Å². The first-order valence-corrected chi connectivity index (χ1v) is 11.7. The molecule has 0 saturated carbocycles. The summed E-state index contributed by atoms with van der Waals surface area (Å²) in [5.41, 5.74) is 6.67. The quantitative estimate of drug-likeness (QED) is 0.620. The van der Waals surface area contributed by atoms with Gasteiger partial charge in [0.05, 0.1) is 0 Å². The molecule has 1 saturated heterocycles. The molecule has 1 fully saturated rings. The molecule has 0 bridgehead atoms. The summed E-state index contributed by atoms with van der Waals surface area (Å²) in [5, 5.41) is 0. The van der Waals surface area contributed by atoms with Crippen molar-refractivity contribution >= 4 is 0 Å². The van der Waals surface area contributed by atoms with E-state index in [1.54, 1.807) is 31.7 Å². The van der Waals surface area contributed by atoms with Crippen molar-refractivity contribution in [3.05, 3.63) is 42.2 Å². The van der Waals surface area contributed by atoms with Gasteiger partial charge >= 0.3 is 122 Å². The Kier molecular flexibility index (Phi) is 6.63. The Morgan fingerprint density at radius 3 is 1.43 bits per heavy atom. The third kappa shape index (κ3) is 3.30. The number of allylic oxidation sites excluding steroid dienone is 8. The van der Waals surface area contributed by atoms with Gasteiger partial charge in [-0.3, -0.25) is 0 Å². The number of rotatable bonds is 4. The predicted molar refractivity (Wildman–Crippen MR) is 81.0 cm³/mol. The maximum atomic E-state index is 2.50. The summed E-state index contributed by atoms with van der Waals surface area (Å²) in [5.74, 6) is 0. The molecule has 0 unspecified atom stereocenters. The molecule has 1 aliphatic heterocycles. The minimum atomic E-state index is -1.75. The van der Waals surface area contributed by atoms with Crippen LogP contribution in [0.5, 0.6) is 0 Å². The van der Waals surface area contributed by atoms with Crippen molar-refractivity contribution in [2.45, 2.75) is 62.8 Å². The second-order valence-electron chi connectivity index (χ2n) is 6.57. The van der Waals surface area contributed by atoms with E-state index in [-0.39, 0.29) is 24.8 Å². The van der Waals surface area contributed by atoms with Crippen molar-refractivity contribution in [3.8, 4) is 0 Å². The van der Waals surface area contributed by atoms with E-state index in [0.29, 0.717) is 0 Å². The monoisotopic (exact) mass is 360 g/mol. The summed E-state index contributed by atoms with van der Waals surface area (Å²) >= 11 is -1.75. The molecule has 21 heavy (non-hydrogen) atoms. The molecule has 1 heterocycles. The van der Waals surface area contributed by atoms with Gasteiger partial charge < -0.3 is 24.8 Å². The zero-order valence-corrected chi connectivity index (χ0v) is 16.7. The summed E-state index contributed by atoms with van der Waals surface area (Å²) in [7, 11) is 0. The van der Waals surface area contributed by atoms with Crippen LogP contribution in [0.15, 0.2) is 42.2 Å². The smallest absolute Gasteiger partial charge is 1.00 e. The van der Waals surface area contributed by atoms with Gasteiger partial charge in [0.25, 0.3) is 0 Å². The van der Waals surface area contributed by atoms with Crippen LogP contribution in [0.2, 0.25) is 9.45 Å². The summed E-state index contributed by atoms with van der Waals surface area (Å²) in [6.45, 7) is 9.38. The fourth-order valence-corrected chi connectivity index (χ4v) is 12.9. The molecule has 0 spiro atoms. The van der Waals surface area contributed by atoms with E-state index < -0.39 is 16.6 Å². The van der Waals surface area contributed by atoms with Crippen molar-refractivity contribution < 1.29 is 41.4 Å². The third-order valence-corrected chi connectivity index (χ3v) is 13.1. The van der Waals surface area contributed by atoms with E-state index in [2.05, 4.69) is 39.8 Å². The Labute approximate surface area is 146 Å². The van der Waals surface area contributed by atoms with Crippen LogP contribution in [0.1, 0.15) is 53.4 Å². The van der Waals surface area contributed by atoms with Crippen LogP contribution in [-0.2, 0) is 16.6 Å². The SMILES string of the molecule is CCC1=CC(C)=[C]([Ti+2]2([C]3=C(C)C=C(CC)C3)[CH2][CH2]2)C1.[Cl-].[Cl-]. The minimum Gasteiger partial charge on any atom is -1.00 e. The van der Waals surface area contributed by atoms with Gasteiger partial charge in [-0.25, -0.2) is 0 Å². The molecule has 0 radical (unpaired) electrons. The average molecular weight is 361 g/mol. The molecule has 0 amide bonds. The molecule has 0 aromatic carbocycles. The Bertz CT molecular complexity index is 500. The predicted octanol–water partition coefficient (Wildman–Crippen LogP) is 0.0267. The first-order valence-electron chi connectivity index (χ1n) is 7.90. The van der Waals surface area contributed by atoms with Gasteiger partial charge in [0, 0.05) is 0 Å². The van der Waals surface area contributed by atoms with Crippen LogP contribution in [0.3, 0.4) is 0 Å². The Morgan fingerprint density at radius 2 is 1.19 bits per heavy atom. The molecule has 3 heteroatoms. The van der Waals surface area contributed by atoms with Gasteiger partial charge in [-0.05, 0) is 0 Å². The minimum absolute atomic E-state index is 0. The van der Waals surface area contributed by atoms with Crippen molar-refractivity contribution in [1.82, 2.24) is 0 Å². The number of hydrogen-bond donors (Lipinski definition) is 0. The molecule has 3 aliphatic rings. The molecular formula is C18H26Cl2Ti. The van der Waals surface area contributed by atoms with Gasteiger partial charge in [0.15, 0.2) is 0 Å². The zero-order valence-electron chi connectivity index (χ0n) is 13.7. The van der Waals surface area contributed by atoms with Crippen LogP contribution in [0.25, 0.3) is 0 Å². The Balaban J connectivity index is 0.00000110. The first kappa shape index (κ1) is 19.3. The largest absolute Gasteiger partial charge is 1.00 e. The van der Waals surface area contributed by atoms with E-state index in [1.807, 2.05) is 7.76 Å². The van der Waals surface area contributed by atoms with Gasteiger partial charge in [-0.2, -0.15) is 0 Å². The summed E-state index contributed by atoms with van der Waals surface area (Å²) in [6.07, 6.45) is 10.2. The van der Waals surface area contributed by atoms with Crippen molar-refractivity contribution in [3.63, 3.8) is 0 Å². The maximum absolute atomic E-state index is 2.50. The Morgan fingerprint density at radius 1 is 0.810 bits per heavy atom.